The molecule has 4 fully saturated rings. The van der Waals surface area contributed by atoms with Gasteiger partial charge in [-0.25, -0.2) is 8.78 Å². The lowest BCUT2D eigenvalue weighted by Gasteiger charge is -2.38. The van der Waals surface area contributed by atoms with Crippen molar-refractivity contribution in [2.75, 3.05) is 39.4 Å². The van der Waals surface area contributed by atoms with E-state index < -0.39 is 79.8 Å². The van der Waals surface area contributed by atoms with Crippen molar-refractivity contribution in [2.24, 2.45) is 22.9 Å². The van der Waals surface area contributed by atoms with Crippen LogP contribution in [0, 0.1) is 0 Å². The number of hydrogen-bond acceptors (Lipinski definition) is 18. The van der Waals surface area contributed by atoms with Crippen molar-refractivity contribution in [2.45, 2.75) is 137 Å². The number of nitrogens with two attached hydrogens (primary N) is 4. The zero-order chi connectivity index (χ0) is 37.6. The molecule has 0 aromatic rings. The van der Waals surface area contributed by atoms with E-state index in [1.165, 1.54) is 0 Å². The molecular weight excluding hydrogens is 678 g/mol. The third kappa shape index (κ3) is 14.2. The second kappa shape index (κ2) is 22.0. The first-order valence-corrected chi connectivity index (χ1v) is 16.8. The van der Waals surface area contributed by atoms with Crippen molar-refractivity contribution in [3.05, 3.63) is 0 Å². The summed E-state index contributed by atoms with van der Waals surface area (Å²) in [5, 5.41) is 78.5. The van der Waals surface area contributed by atoms with Crippen LogP contribution in [0.15, 0.2) is 0 Å². The van der Waals surface area contributed by atoms with Crippen molar-refractivity contribution in [1.29, 1.82) is 0 Å². The molecule has 4 aliphatic rings. The number of hydrogen-bond donors (Lipinski definition) is 14. The van der Waals surface area contributed by atoms with Gasteiger partial charge < -0.3 is 93.4 Å². The zero-order valence-electron chi connectivity index (χ0n) is 28.0. The van der Waals surface area contributed by atoms with Gasteiger partial charge in [0.05, 0.1) is 50.2 Å². The summed E-state index contributed by atoms with van der Waals surface area (Å²) in [6.07, 6.45) is -5.76. The molecular formula is C29H58F2N6O13. The fourth-order valence-corrected chi connectivity index (χ4v) is 5.77. The van der Waals surface area contributed by atoms with Gasteiger partial charge in [0.2, 0.25) is 0 Å². The van der Waals surface area contributed by atoms with E-state index in [9.17, 15) is 34.0 Å². The molecule has 21 heteroatoms. The molecule has 0 bridgehead atoms. The van der Waals surface area contributed by atoms with Gasteiger partial charge in [0.1, 0.15) is 18.3 Å². The Hall–Kier alpha value is -1.35. The molecule has 3 aliphatic heterocycles. The number of nitrogens with one attached hydrogen (secondary N) is 2. The van der Waals surface area contributed by atoms with E-state index in [-0.39, 0.29) is 44.1 Å². The molecule has 0 aromatic heterocycles. The first-order valence-electron chi connectivity index (χ1n) is 16.8. The van der Waals surface area contributed by atoms with E-state index in [1.54, 1.807) is 0 Å². The molecule has 296 valence electrons. The Morgan fingerprint density at radius 1 is 0.920 bits per heavy atom. The summed E-state index contributed by atoms with van der Waals surface area (Å²) in [6.45, 7) is -0.173. The molecule has 50 heavy (non-hydrogen) atoms. The lowest BCUT2D eigenvalue weighted by molar-refractivity contribution is -0.238. The Morgan fingerprint density at radius 3 is 2.22 bits per heavy atom. The number of ether oxygens (including phenoxy) is 4. The van der Waals surface area contributed by atoms with E-state index in [0.29, 0.717) is 58.0 Å². The van der Waals surface area contributed by atoms with Gasteiger partial charge in [-0.05, 0) is 32.1 Å². The standard InChI is InChI=1S/C15H27F2N3O5.C8H17NO4.C6H14N2O4/c16-15(17,7-18)13(22)14(23)20-9-3-8(19)4-11(5-9)25-12-2-1-10(6-21)24-12;10-4-3-9-5-7-6(11)1-2-8(12)13-7;7-1-2-4(9)5(10)3(8)6(11)12-2/h8-13,21-22H,1-7,18-19H2,(H,20,23);6-12H,1-5H2;2-6,9-11H,1,7-8H2/t;6-,7?,8-;2-,3+,4+,5?,6-/m.00/s1. The molecule has 14 atom stereocenters. The summed E-state index contributed by atoms with van der Waals surface area (Å²) in [4.78, 5) is 11.8. The summed E-state index contributed by atoms with van der Waals surface area (Å²) >= 11 is 0. The first kappa shape index (κ1) is 44.8. The van der Waals surface area contributed by atoms with Gasteiger partial charge in [-0.3, -0.25) is 4.79 Å². The summed E-state index contributed by atoms with van der Waals surface area (Å²) in [5.74, 6) is -4.86. The highest BCUT2D eigenvalue weighted by Crippen LogP contribution is 2.28. The van der Waals surface area contributed by atoms with Crippen LogP contribution in [0.3, 0.4) is 0 Å². The van der Waals surface area contributed by atoms with Crippen LogP contribution in [-0.2, 0) is 23.7 Å². The summed E-state index contributed by atoms with van der Waals surface area (Å²) in [6, 6.07) is -1.74. The van der Waals surface area contributed by atoms with Gasteiger partial charge in [0, 0.05) is 44.6 Å². The minimum atomic E-state index is -3.69. The average Bonchev–Trinajstić information content (AvgIpc) is 3.54. The number of aliphatic hydroxyl groups excluding tert-OH is 8. The molecule has 1 saturated carbocycles. The quantitative estimate of drug-likeness (QED) is 0.0829. The molecule has 3 heterocycles. The molecule has 19 nitrogen and oxygen atoms in total. The van der Waals surface area contributed by atoms with Crippen molar-refractivity contribution >= 4 is 5.91 Å². The Morgan fingerprint density at radius 2 is 1.62 bits per heavy atom. The second-order valence-electron chi connectivity index (χ2n) is 12.8. The summed E-state index contributed by atoms with van der Waals surface area (Å²) in [7, 11) is 0. The maximum Gasteiger partial charge on any atom is 0.294 e. The highest BCUT2D eigenvalue weighted by molar-refractivity contribution is 5.81. The maximum atomic E-state index is 13.3. The fraction of sp³-hybridized carbons (Fsp3) is 0.966. The minimum Gasteiger partial charge on any atom is -0.395 e. The van der Waals surface area contributed by atoms with Crippen LogP contribution in [-0.4, -0.2) is 178 Å². The van der Waals surface area contributed by atoms with Crippen LogP contribution >= 0.6 is 0 Å². The second-order valence-corrected chi connectivity index (χ2v) is 12.8. The Balaban J connectivity index is 0.000000290. The normalized spacial score (nSPS) is 38.2. The molecule has 8 unspecified atom stereocenters. The van der Waals surface area contributed by atoms with Crippen LogP contribution in [0.5, 0.6) is 0 Å². The largest absolute Gasteiger partial charge is 0.395 e. The Labute approximate surface area is 289 Å². The topological polar surface area (TPSA) is 344 Å². The van der Waals surface area contributed by atoms with Gasteiger partial charge in [0.25, 0.3) is 11.8 Å². The number of alkyl halides is 2. The van der Waals surface area contributed by atoms with Crippen LogP contribution in [0.2, 0.25) is 0 Å². The molecule has 0 radical (unpaired) electrons. The highest BCUT2D eigenvalue weighted by Gasteiger charge is 2.44. The monoisotopic (exact) mass is 736 g/mol. The molecule has 3 saturated heterocycles. The number of aliphatic hydroxyl groups is 8. The predicted molar refractivity (Wildman–Crippen MR) is 170 cm³/mol. The third-order valence-electron chi connectivity index (χ3n) is 8.69. The number of halogens is 2. The van der Waals surface area contributed by atoms with Gasteiger partial charge in [-0.1, -0.05) is 0 Å². The SMILES string of the molecule is NCC(F)(F)C(O)C(=O)NC1CC(N)CC(OC2CCC(CO)O2)C1.NC[C@@H]1O[C@H](O)[C@H](N)C(O)[C@@H]1O.OCCNCC1O[C@H](O)CC[C@@H]1O. The van der Waals surface area contributed by atoms with E-state index in [0.717, 1.165) is 0 Å². The highest BCUT2D eigenvalue weighted by atomic mass is 19.3. The smallest absolute Gasteiger partial charge is 0.294 e. The zero-order valence-corrected chi connectivity index (χ0v) is 28.0. The fourth-order valence-electron chi connectivity index (χ4n) is 5.77. The van der Waals surface area contributed by atoms with Crippen LogP contribution in [0.25, 0.3) is 0 Å². The summed E-state index contributed by atoms with van der Waals surface area (Å²) < 4.78 is 47.9. The van der Waals surface area contributed by atoms with Crippen LogP contribution in [0.4, 0.5) is 8.78 Å². The summed E-state index contributed by atoms with van der Waals surface area (Å²) in [5.41, 5.74) is 21.4. The number of amides is 1. The lowest BCUT2D eigenvalue weighted by Crippen LogP contribution is -2.62. The van der Waals surface area contributed by atoms with Gasteiger partial charge in [-0.2, -0.15) is 0 Å². The molecule has 0 spiro atoms. The van der Waals surface area contributed by atoms with Crippen molar-refractivity contribution in [3.8, 4) is 0 Å². The van der Waals surface area contributed by atoms with E-state index in [2.05, 4.69) is 10.6 Å². The van der Waals surface area contributed by atoms with E-state index in [1.807, 2.05) is 0 Å². The van der Waals surface area contributed by atoms with Gasteiger partial charge in [-0.15, -0.1) is 0 Å². The van der Waals surface area contributed by atoms with Gasteiger partial charge in [0.15, 0.2) is 25.0 Å². The predicted octanol–water partition coefficient (Wildman–Crippen LogP) is -6.04. The molecule has 4 rings (SSSR count). The number of rotatable bonds is 12. The lowest BCUT2D eigenvalue weighted by atomic mass is 9.89. The minimum absolute atomic E-state index is 0.0298. The van der Waals surface area contributed by atoms with E-state index in [4.69, 9.17) is 62.3 Å². The van der Waals surface area contributed by atoms with Crippen molar-refractivity contribution in [1.82, 2.24) is 10.6 Å². The average molecular weight is 737 g/mol. The third-order valence-corrected chi connectivity index (χ3v) is 8.69. The Kier molecular flexibility index (Phi) is 19.7. The molecule has 1 aliphatic carbocycles. The van der Waals surface area contributed by atoms with Gasteiger partial charge >= 0.3 is 0 Å². The number of carbonyl (C=O) groups is 1. The van der Waals surface area contributed by atoms with Crippen LogP contribution in [0.1, 0.15) is 44.9 Å². The molecule has 1 amide bonds. The Bertz CT molecular complexity index is 967. The number of carbonyl (C=O) groups excluding carboxylic acids is 1. The van der Waals surface area contributed by atoms with Crippen LogP contribution < -0.4 is 33.6 Å². The van der Waals surface area contributed by atoms with Crippen molar-refractivity contribution < 1.29 is 73.4 Å². The maximum absolute atomic E-state index is 13.3. The molecule has 18 N–H and O–H groups in total. The first-order chi connectivity index (χ1) is 23.6. The van der Waals surface area contributed by atoms with E-state index >= 15 is 0 Å². The molecule has 0 aromatic carbocycles. The van der Waals surface area contributed by atoms with Crippen molar-refractivity contribution in [3.63, 3.8) is 0 Å².